The summed E-state index contributed by atoms with van der Waals surface area (Å²) >= 11 is 0. The molecule has 1 heterocycles. The number of hydrogen-bond acceptors (Lipinski definition) is 5. The van der Waals surface area contributed by atoms with Crippen molar-refractivity contribution in [2.24, 2.45) is 5.73 Å². The second kappa shape index (κ2) is 6.17. The molecular formula is C14H21N3O3. The zero-order chi connectivity index (χ0) is 14.6. The van der Waals surface area contributed by atoms with Gasteiger partial charge in [0.25, 0.3) is 5.69 Å². The van der Waals surface area contributed by atoms with Crippen molar-refractivity contribution in [2.45, 2.75) is 51.0 Å². The Kier molecular flexibility index (Phi) is 4.54. The molecular weight excluding hydrogens is 258 g/mol. The van der Waals surface area contributed by atoms with Crippen LogP contribution in [0.2, 0.25) is 0 Å². The molecule has 0 saturated heterocycles. The molecule has 1 aliphatic carbocycles. The molecule has 2 N–H and O–H groups in total. The average Bonchev–Trinajstić information content (AvgIpc) is 2.61. The number of nitro groups is 1. The molecule has 0 radical (unpaired) electrons. The van der Waals surface area contributed by atoms with Gasteiger partial charge in [-0.15, -0.1) is 0 Å². The van der Waals surface area contributed by atoms with E-state index in [0.29, 0.717) is 18.2 Å². The largest absolute Gasteiger partial charge is 0.476 e. The van der Waals surface area contributed by atoms with E-state index in [2.05, 4.69) is 4.98 Å². The smallest absolute Gasteiger partial charge is 0.290 e. The van der Waals surface area contributed by atoms with Crippen LogP contribution in [-0.2, 0) is 0 Å². The maximum Gasteiger partial charge on any atom is 0.290 e. The van der Waals surface area contributed by atoms with E-state index in [4.69, 9.17) is 10.5 Å². The highest BCUT2D eigenvalue weighted by Crippen LogP contribution is 2.26. The Balaban J connectivity index is 1.99. The van der Waals surface area contributed by atoms with E-state index >= 15 is 0 Å². The average molecular weight is 279 g/mol. The Morgan fingerprint density at radius 2 is 2.00 bits per heavy atom. The van der Waals surface area contributed by atoms with Crippen LogP contribution in [0.1, 0.15) is 44.2 Å². The van der Waals surface area contributed by atoms with E-state index in [0.717, 1.165) is 25.7 Å². The number of pyridine rings is 1. The Hall–Kier alpha value is -1.69. The van der Waals surface area contributed by atoms with Crippen LogP contribution in [0.15, 0.2) is 12.1 Å². The minimum atomic E-state index is -0.443. The third-order valence-corrected chi connectivity index (χ3v) is 3.84. The summed E-state index contributed by atoms with van der Waals surface area (Å²) in [5, 5.41) is 10.7. The van der Waals surface area contributed by atoms with Crippen molar-refractivity contribution in [1.29, 1.82) is 0 Å². The van der Waals surface area contributed by atoms with Crippen molar-refractivity contribution in [3.05, 3.63) is 27.9 Å². The summed E-state index contributed by atoms with van der Waals surface area (Å²) in [4.78, 5) is 14.4. The monoisotopic (exact) mass is 279 g/mol. The van der Waals surface area contributed by atoms with E-state index in [-0.39, 0.29) is 11.2 Å². The van der Waals surface area contributed by atoms with Gasteiger partial charge >= 0.3 is 0 Å². The van der Waals surface area contributed by atoms with Crippen LogP contribution in [0.3, 0.4) is 0 Å². The van der Waals surface area contributed by atoms with Crippen LogP contribution in [0.25, 0.3) is 0 Å². The van der Waals surface area contributed by atoms with Gasteiger partial charge in [-0.1, -0.05) is 25.7 Å². The van der Waals surface area contributed by atoms with Gasteiger partial charge in [0, 0.05) is 12.1 Å². The van der Waals surface area contributed by atoms with E-state index in [9.17, 15) is 10.1 Å². The molecule has 0 bridgehead atoms. The van der Waals surface area contributed by atoms with Gasteiger partial charge in [0.1, 0.15) is 12.3 Å². The number of nitrogens with two attached hydrogens (primary N) is 1. The van der Waals surface area contributed by atoms with Gasteiger partial charge < -0.3 is 10.5 Å². The topological polar surface area (TPSA) is 91.3 Å². The summed E-state index contributed by atoms with van der Waals surface area (Å²) in [6.45, 7) is 2.02. The fourth-order valence-electron chi connectivity index (χ4n) is 2.60. The molecule has 0 aliphatic heterocycles. The molecule has 6 heteroatoms. The first kappa shape index (κ1) is 14.7. The van der Waals surface area contributed by atoms with Crippen molar-refractivity contribution in [3.63, 3.8) is 0 Å². The Labute approximate surface area is 118 Å². The minimum Gasteiger partial charge on any atom is -0.476 e. The highest BCUT2D eigenvalue weighted by Gasteiger charge is 2.27. The summed E-state index contributed by atoms with van der Waals surface area (Å²) in [5.74, 6) is 0.405. The lowest BCUT2D eigenvalue weighted by Gasteiger charge is -2.27. The molecule has 0 amide bonds. The quantitative estimate of drug-likeness (QED) is 0.520. The molecule has 110 valence electrons. The predicted octanol–water partition coefficient (Wildman–Crippen LogP) is 2.73. The molecule has 6 nitrogen and oxygen atoms in total. The van der Waals surface area contributed by atoms with Crippen LogP contribution < -0.4 is 10.5 Å². The minimum absolute atomic E-state index is 0.00859. The number of nitrogens with zero attached hydrogens (tertiary/aromatic N) is 2. The van der Waals surface area contributed by atoms with Gasteiger partial charge in [0.05, 0.1) is 10.5 Å². The maximum absolute atomic E-state index is 10.7. The highest BCUT2D eigenvalue weighted by molar-refractivity contribution is 5.36. The first-order valence-corrected chi connectivity index (χ1v) is 7.04. The maximum atomic E-state index is 10.7. The van der Waals surface area contributed by atoms with Gasteiger partial charge in [-0.05, 0) is 19.8 Å². The van der Waals surface area contributed by atoms with Crippen LogP contribution >= 0.6 is 0 Å². The molecule has 0 spiro atoms. The van der Waals surface area contributed by atoms with Crippen LogP contribution in [0.5, 0.6) is 5.88 Å². The number of hydrogen-bond donors (Lipinski definition) is 1. The Morgan fingerprint density at radius 1 is 1.35 bits per heavy atom. The second-order valence-electron chi connectivity index (χ2n) is 5.58. The van der Waals surface area contributed by atoms with Crippen molar-refractivity contribution in [1.82, 2.24) is 4.98 Å². The van der Waals surface area contributed by atoms with Crippen LogP contribution in [0.4, 0.5) is 5.69 Å². The van der Waals surface area contributed by atoms with Gasteiger partial charge in [-0.25, -0.2) is 4.98 Å². The van der Waals surface area contributed by atoms with Crippen molar-refractivity contribution in [2.75, 3.05) is 6.61 Å². The third kappa shape index (κ3) is 3.66. The first-order valence-electron chi connectivity index (χ1n) is 7.04. The second-order valence-corrected chi connectivity index (χ2v) is 5.58. The predicted molar refractivity (Wildman–Crippen MR) is 75.7 cm³/mol. The van der Waals surface area contributed by atoms with Gasteiger partial charge in [-0.3, -0.25) is 10.1 Å². The molecule has 1 aliphatic rings. The molecule has 1 aromatic rings. The molecule has 0 unspecified atom stereocenters. The van der Waals surface area contributed by atoms with Gasteiger partial charge in [-0.2, -0.15) is 0 Å². The van der Waals surface area contributed by atoms with Gasteiger partial charge in [0.15, 0.2) is 0 Å². The Morgan fingerprint density at radius 3 is 2.55 bits per heavy atom. The van der Waals surface area contributed by atoms with E-state index in [1.54, 1.807) is 6.92 Å². The molecule has 0 aromatic carbocycles. The normalized spacial score (nSPS) is 18.3. The van der Waals surface area contributed by atoms with E-state index in [1.165, 1.54) is 25.0 Å². The van der Waals surface area contributed by atoms with E-state index < -0.39 is 4.92 Å². The molecule has 1 aromatic heterocycles. The molecule has 20 heavy (non-hydrogen) atoms. The number of ether oxygens (including phenoxy) is 1. The lowest BCUT2D eigenvalue weighted by molar-refractivity contribution is -0.385. The SMILES string of the molecule is Cc1nc(OCC2(N)CCCCCC2)ccc1[N+](=O)[O-]. The standard InChI is InChI=1S/C14H21N3O3/c1-11-12(17(18)19)6-7-13(16-11)20-10-14(15)8-4-2-3-5-9-14/h6-7H,2-5,8-10,15H2,1H3. The Bertz CT molecular complexity index is 483. The van der Waals surface area contributed by atoms with E-state index in [1.807, 2.05) is 0 Å². The summed E-state index contributed by atoms with van der Waals surface area (Å²) in [7, 11) is 0. The summed E-state index contributed by atoms with van der Waals surface area (Å²) in [5.41, 5.74) is 6.43. The van der Waals surface area contributed by atoms with Crippen molar-refractivity contribution in [3.8, 4) is 5.88 Å². The zero-order valence-corrected chi connectivity index (χ0v) is 11.8. The summed E-state index contributed by atoms with van der Waals surface area (Å²) in [6, 6.07) is 2.96. The van der Waals surface area contributed by atoms with Crippen LogP contribution in [-0.4, -0.2) is 22.1 Å². The fraction of sp³-hybridized carbons (Fsp3) is 0.643. The third-order valence-electron chi connectivity index (χ3n) is 3.84. The van der Waals surface area contributed by atoms with Crippen LogP contribution in [0, 0.1) is 17.0 Å². The summed E-state index contributed by atoms with van der Waals surface area (Å²) < 4.78 is 5.66. The summed E-state index contributed by atoms with van der Waals surface area (Å²) in [6.07, 6.45) is 6.64. The fourth-order valence-corrected chi connectivity index (χ4v) is 2.60. The number of rotatable bonds is 4. The molecule has 1 fully saturated rings. The number of aryl methyl sites for hydroxylation is 1. The highest BCUT2D eigenvalue weighted by atomic mass is 16.6. The number of aromatic nitrogens is 1. The molecule has 1 saturated carbocycles. The lowest BCUT2D eigenvalue weighted by atomic mass is 9.93. The molecule has 0 atom stereocenters. The first-order chi connectivity index (χ1) is 9.50. The zero-order valence-electron chi connectivity index (χ0n) is 11.8. The van der Waals surface area contributed by atoms with Crippen molar-refractivity contribution < 1.29 is 9.66 Å². The van der Waals surface area contributed by atoms with Gasteiger partial charge in [0.2, 0.25) is 5.88 Å². The van der Waals surface area contributed by atoms with Crippen molar-refractivity contribution >= 4 is 5.69 Å². The molecule has 2 rings (SSSR count). The lowest BCUT2D eigenvalue weighted by Crippen LogP contribution is -2.45.